The fraction of sp³-hybridized carbons (Fsp3) is 0.333. The maximum Gasteiger partial charge on any atom is 0.116 e. The molecule has 0 amide bonds. The first-order valence-corrected chi connectivity index (χ1v) is 3.25. The van der Waals surface area contributed by atoms with Gasteiger partial charge in [0.1, 0.15) is 5.83 Å². The molecule has 0 saturated heterocycles. The normalized spacial score (nSPS) is 10.8. The van der Waals surface area contributed by atoms with E-state index in [1.807, 2.05) is 13.8 Å². The van der Waals surface area contributed by atoms with E-state index in [9.17, 15) is 4.39 Å². The average molecular weight is 140 g/mol. The molecule has 0 aromatic rings. The van der Waals surface area contributed by atoms with Gasteiger partial charge in [0.15, 0.2) is 0 Å². The van der Waals surface area contributed by atoms with Crippen molar-refractivity contribution in [1.29, 1.82) is 0 Å². The maximum absolute atomic E-state index is 12.0. The van der Waals surface area contributed by atoms with Crippen LogP contribution in [0.1, 0.15) is 13.8 Å². The second-order valence-electron chi connectivity index (χ2n) is 2.51. The molecule has 0 heterocycles. The lowest BCUT2D eigenvalue weighted by Crippen LogP contribution is -1.86. The Bertz CT molecular complexity index is 164. The molecule has 0 N–H and O–H groups in total. The van der Waals surface area contributed by atoms with Crippen LogP contribution >= 0.6 is 0 Å². The van der Waals surface area contributed by atoms with Crippen LogP contribution < -0.4 is 0 Å². The predicted octanol–water partition coefficient (Wildman–Crippen LogP) is 3.24. The minimum atomic E-state index is -0.429. The van der Waals surface area contributed by atoms with Gasteiger partial charge >= 0.3 is 0 Å². The SMILES string of the molecule is C=C(F)C=CC(=C)C(C)C. The molecular weight excluding hydrogens is 127 g/mol. The van der Waals surface area contributed by atoms with Crippen LogP contribution in [0.5, 0.6) is 0 Å². The summed E-state index contributed by atoms with van der Waals surface area (Å²) in [6, 6.07) is 0. The molecule has 0 aliphatic rings. The summed E-state index contributed by atoms with van der Waals surface area (Å²) in [5.41, 5.74) is 0.916. The minimum absolute atomic E-state index is 0.371. The smallest absolute Gasteiger partial charge is 0.116 e. The van der Waals surface area contributed by atoms with Gasteiger partial charge < -0.3 is 0 Å². The van der Waals surface area contributed by atoms with Crippen molar-refractivity contribution >= 4 is 0 Å². The second-order valence-corrected chi connectivity index (χ2v) is 2.51. The van der Waals surface area contributed by atoms with E-state index in [0.29, 0.717) is 5.92 Å². The first-order chi connectivity index (χ1) is 4.54. The molecule has 0 fully saturated rings. The van der Waals surface area contributed by atoms with Crippen molar-refractivity contribution in [2.75, 3.05) is 0 Å². The summed E-state index contributed by atoms with van der Waals surface area (Å²) in [5, 5.41) is 0. The van der Waals surface area contributed by atoms with Gasteiger partial charge in [0, 0.05) is 0 Å². The molecule has 0 nitrogen and oxygen atoms in total. The van der Waals surface area contributed by atoms with E-state index < -0.39 is 5.83 Å². The number of allylic oxidation sites excluding steroid dienone is 4. The third-order valence-corrected chi connectivity index (χ3v) is 1.22. The van der Waals surface area contributed by atoms with Crippen molar-refractivity contribution in [2.24, 2.45) is 5.92 Å². The van der Waals surface area contributed by atoms with Crippen molar-refractivity contribution in [3.63, 3.8) is 0 Å². The fourth-order valence-corrected chi connectivity index (χ4v) is 0.390. The largest absolute Gasteiger partial charge is 0.208 e. The van der Waals surface area contributed by atoms with Crippen molar-refractivity contribution in [2.45, 2.75) is 13.8 Å². The number of rotatable bonds is 3. The Morgan fingerprint density at radius 2 is 1.80 bits per heavy atom. The summed E-state index contributed by atoms with van der Waals surface area (Å²) < 4.78 is 12.0. The highest BCUT2D eigenvalue weighted by Gasteiger charge is 1.93. The molecule has 56 valence electrons. The third-order valence-electron chi connectivity index (χ3n) is 1.22. The number of hydrogen-bond donors (Lipinski definition) is 0. The van der Waals surface area contributed by atoms with Gasteiger partial charge in [-0.2, -0.15) is 0 Å². The zero-order valence-electron chi connectivity index (χ0n) is 6.52. The minimum Gasteiger partial charge on any atom is -0.208 e. The molecule has 0 saturated carbocycles. The Hall–Kier alpha value is -0.850. The van der Waals surface area contributed by atoms with E-state index in [1.54, 1.807) is 6.08 Å². The van der Waals surface area contributed by atoms with Gasteiger partial charge in [-0.15, -0.1) is 0 Å². The Balaban J connectivity index is 3.90. The standard InChI is InChI=1S/C9H13F/c1-7(2)8(3)5-6-9(4)10/h5-7H,3-4H2,1-2H3. The summed E-state index contributed by atoms with van der Waals surface area (Å²) >= 11 is 0. The first-order valence-electron chi connectivity index (χ1n) is 3.25. The van der Waals surface area contributed by atoms with E-state index in [-0.39, 0.29) is 0 Å². The highest BCUT2D eigenvalue weighted by Crippen LogP contribution is 2.08. The molecular formula is C9H13F. The van der Waals surface area contributed by atoms with Crippen molar-refractivity contribution in [1.82, 2.24) is 0 Å². The first kappa shape index (κ1) is 9.15. The van der Waals surface area contributed by atoms with E-state index in [0.717, 1.165) is 5.57 Å². The number of hydrogen-bond acceptors (Lipinski definition) is 0. The van der Waals surface area contributed by atoms with Gasteiger partial charge in [-0.1, -0.05) is 38.7 Å². The van der Waals surface area contributed by atoms with Gasteiger partial charge in [0.2, 0.25) is 0 Å². The van der Waals surface area contributed by atoms with Gasteiger partial charge in [0.05, 0.1) is 0 Å². The molecule has 0 rings (SSSR count). The Morgan fingerprint density at radius 1 is 1.30 bits per heavy atom. The van der Waals surface area contributed by atoms with E-state index >= 15 is 0 Å². The second kappa shape index (κ2) is 4.04. The van der Waals surface area contributed by atoms with Crippen LogP contribution in [0.2, 0.25) is 0 Å². The lowest BCUT2D eigenvalue weighted by atomic mass is 10.1. The fourth-order valence-electron chi connectivity index (χ4n) is 0.390. The lowest BCUT2D eigenvalue weighted by molar-refractivity contribution is 0.670. The van der Waals surface area contributed by atoms with Crippen LogP contribution in [0.15, 0.2) is 36.7 Å². The van der Waals surface area contributed by atoms with Crippen LogP contribution in [0.4, 0.5) is 4.39 Å². The van der Waals surface area contributed by atoms with Crippen molar-refractivity contribution < 1.29 is 4.39 Å². The quantitative estimate of drug-likeness (QED) is 0.528. The van der Waals surface area contributed by atoms with Gasteiger partial charge in [-0.25, -0.2) is 4.39 Å². The Morgan fingerprint density at radius 3 is 2.10 bits per heavy atom. The zero-order chi connectivity index (χ0) is 8.15. The van der Waals surface area contributed by atoms with E-state index in [4.69, 9.17) is 0 Å². The topological polar surface area (TPSA) is 0 Å². The highest BCUT2D eigenvalue weighted by molar-refractivity contribution is 5.21. The summed E-state index contributed by atoms with van der Waals surface area (Å²) in [7, 11) is 0. The summed E-state index contributed by atoms with van der Waals surface area (Å²) in [4.78, 5) is 0. The van der Waals surface area contributed by atoms with E-state index in [1.165, 1.54) is 6.08 Å². The molecule has 0 spiro atoms. The van der Waals surface area contributed by atoms with Crippen LogP contribution in [-0.4, -0.2) is 0 Å². The molecule has 0 unspecified atom stereocenters. The van der Waals surface area contributed by atoms with Gasteiger partial charge in [-0.05, 0) is 12.0 Å². The van der Waals surface area contributed by atoms with Crippen LogP contribution in [0.3, 0.4) is 0 Å². The molecule has 0 bridgehead atoms. The number of halogens is 1. The molecule has 0 aromatic heterocycles. The Labute approximate surface area is 61.8 Å². The van der Waals surface area contributed by atoms with Crippen LogP contribution in [0, 0.1) is 5.92 Å². The van der Waals surface area contributed by atoms with Gasteiger partial charge in [-0.3, -0.25) is 0 Å². The summed E-state index contributed by atoms with van der Waals surface area (Å²) in [6.45, 7) is 10.8. The molecule has 1 heteroatoms. The molecule has 10 heavy (non-hydrogen) atoms. The van der Waals surface area contributed by atoms with Crippen molar-refractivity contribution in [3.8, 4) is 0 Å². The van der Waals surface area contributed by atoms with Crippen molar-refractivity contribution in [3.05, 3.63) is 36.7 Å². The summed E-state index contributed by atoms with van der Waals surface area (Å²) in [5.74, 6) is -0.0580. The third kappa shape index (κ3) is 4.07. The van der Waals surface area contributed by atoms with Crippen LogP contribution in [-0.2, 0) is 0 Å². The zero-order valence-corrected chi connectivity index (χ0v) is 6.52. The molecule has 0 aromatic carbocycles. The molecule has 0 aliphatic carbocycles. The molecule has 0 aliphatic heterocycles. The summed E-state index contributed by atoms with van der Waals surface area (Å²) in [6.07, 6.45) is 2.97. The molecule has 0 atom stereocenters. The maximum atomic E-state index is 12.0. The van der Waals surface area contributed by atoms with Crippen LogP contribution in [0.25, 0.3) is 0 Å². The van der Waals surface area contributed by atoms with Gasteiger partial charge in [0.25, 0.3) is 0 Å². The molecule has 0 radical (unpaired) electrons. The highest BCUT2D eigenvalue weighted by atomic mass is 19.1. The predicted molar refractivity (Wildman–Crippen MR) is 43.4 cm³/mol. The average Bonchev–Trinajstić information content (AvgIpc) is 1.82. The lowest BCUT2D eigenvalue weighted by Gasteiger charge is -2.01. The monoisotopic (exact) mass is 140 g/mol. The van der Waals surface area contributed by atoms with E-state index in [2.05, 4.69) is 13.2 Å². The Kier molecular flexibility index (Phi) is 3.70.